The molecule has 0 atom stereocenters. The smallest absolute Gasteiger partial charge is 0.0747 e. The Balaban J connectivity index is 2.14. The van der Waals surface area contributed by atoms with E-state index in [9.17, 15) is 0 Å². The molecule has 0 aliphatic carbocycles. The number of hydrogen-bond acceptors (Lipinski definition) is 2. The maximum Gasteiger partial charge on any atom is 0.0747 e. The van der Waals surface area contributed by atoms with Gasteiger partial charge in [-0.15, -0.1) is 0 Å². The lowest BCUT2D eigenvalue weighted by molar-refractivity contribution is 0.653. The first kappa shape index (κ1) is 20.8. The number of benzene rings is 1. The zero-order valence-corrected chi connectivity index (χ0v) is 18.3. The third-order valence-electron chi connectivity index (χ3n) is 5.86. The Morgan fingerprint density at radius 3 is 1.39 bits per heavy atom. The Morgan fingerprint density at radius 2 is 1.00 bits per heavy atom. The number of hydrogen-bond donors (Lipinski definition) is 0. The van der Waals surface area contributed by atoms with E-state index in [0.29, 0.717) is 0 Å². The minimum atomic E-state index is 1.11. The van der Waals surface area contributed by atoms with Crippen LogP contribution in [0.2, 0.25) is 0 Å². The van der Waals surface area contributed by atoms with Crippen molar-refractivity contribution in [3.05, 3.63) is 46.8 Å². The molecule has 0 N–H and O–H groups in total. The molecule has 1 aromatic carbocycles. The quantitative estimate of drug-likeness (QED) is 0.268. The number of fused-ring (bicyclic) bond motifs is 3. The molecule has 0 saturated heterocycles. The van der Waals surface area contributed by atoms with E-state index in [4.69, 9.17) is 9.97 Å². The van der Waals surface area contributed by atoms with Gasteiger partial charge in [0.15, 0.2) is 0 Å². The van der Waals surface area contributed by atoms with Crippen molar-refractivity contribution in [2.45, 2.75) is 91.9 Å². The summed E-state index contributed by atoms with van der Waals surface area (Å²) >= 11 is 0. The highest BCUT2D eigenvalue weighted by Gasteiger charge is 2.16. The van der Waals surface area contributed by atoms with Crippen LogP contribution in [0.25, 0.3) is 21.8 Å². The van der Waals surface area contributed by atoms with Crippen LogP contribution in [0.1, 0.15) is 87.7 Å². The maximum absolute atomic E-state index is 5.02. The van der Waals surface area contributed by atoms with Gasteiger partial charge in [0.25, 0.3) is 0 Å². The molecule has 0 spiro atoms. The lowest BCUT2D eigenvalue weighted by Gasteiger charge is -2.17. The predicted octanol–water partition coefficient (Wildman–Crippen LogP) is 7.65. The second-order valence-electron chi connectivity index (χ2n) is 8.28. The second-order valence-corrected chi connectivity index (χ2v) is 8.28. The summed E-state index contributed by atoms with van der Waals surface area (Å²) in [5, 5.41) is 2.55. The number of pyridine rings is 2. The Bertz CT molecular complexity index is 850. The molecule has 0 amide bonds. The van der Waals surface area contributed by atoms with E-state index < -0.39 is 0 Å². The number of aryl methyl sites for hydroxylation is 4. The highest BCUT2D eigenvalue weighted by atomic mass is 14.7. The van der Waals surface area contributed by atoms with Crippen molar-refractivity contribution >= 4 is 21.8 Å². The maximum atomic E-state index is 5.02. The Morgan fingerprint density at radius 1 is 0.571 bits per heavy atom. The van der Waals surface area contributed by atoms with E-state index in [0.717, 1.165) is 24.2 Å². The fraction of sp³-hybridized carbons (Fsp3) is 0.538. The van der Waals surface area contributed by atoms with Crippen molar-refractivity contribution < 1.29 is 0 Å². The highest BCUT2D eigenvalue weighted by molar-refractivity contribution is 6.08. The molecule has 0 radical (unpaired) electrons. The molecule has 0 saturated carbocycles. The molecule has 150 valence electrons. The van der Waals surface area contributed by atoms with Crippen LogP contribution in [0.5, 0.6) is 0 Å². The van der Waals surface area contributed by atoms with Crippen molar-refractivity contribution in [3.63, 3.8) is 0 Å². The van der Waals surface area contributed by atoms with Crippen LogP contribution in [-0.4, -0.2) is 9.97 Å². The van der Waals surface area contributed by atoms with Crippen molar-refractivity contribution in [2.75, 3.05) is 0 Å². The summed E-state index contributed by atoms with van der Waals surface area (Å²) < 4.78 is 0. The van der Waals surface area contributed by atoms with Crippen molar-refractivity contribution in [3.8, 4) is 0 Å². The topological polar surface area (TPSA) is 25.8 Å². The molecule has 2 heterocycles. The van der Waals surface area contributed by atoms with Crippen LogP contribution in [0.4, 0.5) is 0 Å². The van der Waals surface area contributed by atoms with Crippen molar-refractivity contribution in [1.82, 2.24) is 9.97 Å². The van der Waals surface area contributed by atoms with Gasteiger partial charge in [-0.25, -0.2) is 0 Å². The van der Waals surface area contributed by atoms with E-state index in [1.165, 1.54) is 84.3 Å². The molecule has 3 rings (SSSR count). The Labute approximate surface area is 170 Å². The molecule has 2 nitrogen and oxygen atoms in total. The first-order valence-electron chi connectivity index (χ1n) is 11.3. The molecule has 2 heteroatoms. The monoisotopic (exact) mass is 376 g/mol. The van der Waals surface area contributed by atoms with Gasteiger partial charge in [0.05, 0.1) is 11.0 Å². The lowest BCUT2D eigenvalue weighted by Crippen LogP contribution is -2.03. The molecule has 0 bridgehead atoms. The van der Waals surface area contributed by atoms with Gasteiger partial charge in [0.1, 0.15) is 0 Å². The molecule has 0 aliphatic rings. The van der Waals surface area contributed by atoms with Crippen molar-refractivity contribution in [1.29, 1.82) is 0 Å². The van der Waals surface area contributed by atoms with Crippen LogP contribution in [0.3, 0.4) is 0 Å². The van der Waals surface area contributed by atoms with Gasteiger partial charge in [-0.1, -0.05) is 64.5 Å². The van der Waals surface area contributed by atoms with Gasteiger partial charge in [0, 0.05) is 22.2 Å². The summed E-state index contributed by atoms with van der Waals surface area (Å²) in [6.45, 7) is 8.78. The van der Waals surface area contributed by atoms with E-state index in [1.807, 2.05) is 0 Å². The lowest BCUT2D eigenvalue weighted by atomic mass is 9.90. The molecular formula is C26H36N2. The molecule has 3 aromatic rings. The average molecular weight is 377 g/mol. The fourth-order valence-corrected chi connectivity index (χ4v) is 4.29. The minimum Gasteiger partial charge on any atom is -0.253 e. The SMILES string of the molecule is CCCCCCc1c(CCCCCC)c2nc(C)ccc2c2ccc(C)nc12. The summed E-state index contributed by atoms with van der Waals surface area (Å²) in [5.74, 6) is 0. The van der Waals surface area contributed by atoms with Crippen LogP contribution in [0.15, 0.2) is 24.3 Å². The van der Waals surface area contributed by atoms with Gasteiger partial charge in [0.2, 0.25) is 0 Å². The molecular weight excluding hydrogens is 340 g/mol. The third-order valence-corrected chi connectivity index (χ3v) is 5.86. The van der Waals surface area contributed by atoms with E-state index in [-0.39, 0.29) is 0 Å². The van der Waals surface area contributed by atoms with Crippen LogP contribution in [0, 0.1) is 13.8 Å². The Kier molecular flexibility index (Phi) is 7.42. The molecule has 0 fully saturated rings. The van der Waals surface area contributed by atoms with Crippen LogP contribution >= 0.6 is 0 Å². The Hall–Kier alpha value is -1.96. The third kappa shape index (κ3) is 4.71. The number of unbranched alkanes of at least 4 members (excludes halogenated alkanes) is 6. The van der Waals surface area contributed by atoms with Gasteiger partial charge in [-0.2, -0.15) is 0 Å². The zero-order valence-electron chi connectivity index (χ0n) is 18.3. The molecule has 0 unspecified atom stereocenters. The van der Waals surface area contributed by atoms with Crippen LogP contribution < -0.4 is 0 Å². The van der Waals surface area contributed by atoms with E-state index in [1.54, 1.807) is 0 Å². The second kappa shape index (κ2) is 10.0. The van der Waals surface area contributed by atoms with Gasteiger partial charge in [-0.3, -0.25) is 9.97 Å². The summed E-state index contributed by atoms with van der Waals surface area (Å²) in [6.07, 6.45) is 12.6. The van der Waals surface area contributed by atoms with Gasteiger partial charge in [-0.05, 0) is 62.8 Å². The highest BCUT2D eigenvalue weighted by Crippen LogP contribution is 2.33. The standard InChI is InChI=1S/C26H36N2/c1-5-7-9-11-13-21-22(14-12-10-8-6-2)26-24(18-16-20(4)28-26)23-17-15-19(3)27-25(21)23/h15-18H,5-14H2,1-4H3. The minimum absolute atomic E-state index is 1.11. The summed E-state index contributed by atoms with van der Waals surface area (Å²) in [4.78, 5) is 10.0. The van der Waals surface area contributed by atoms with Gasteiger partial charge < -0.3 is 0 Å². The van der Waals surface area contributed by atoms with Crippen molar-refractivity contribution in [2.24, 2.45) is 0 Å². The summed E-state index contributed by atoms with van der Waals surface area (Å²) in [5.41, 5.74) is 7.60. The summed E-state index contributed by atoms with van der Waals surface area (Å²) in [6, 6.07) is 8.80. The average Bonchev–Trinajstić information content (AvgIpc) is 2.69. The van der Waals surface area contributed by atoms with Gasteiger partial charge >= 0.3 is 0 Å². The largest absolute Gasteiger partial charge is 0.253 e. The normalized spacial score (nSPS) is 11.6. The first-order valence-corrected chi connectivity index (χ1v) is 11.3. The first-order chi connectivity index (χ1) is 13.7. The van der Waals surface area contributed by atoms with E-state index >= 15 is 0 Å². The number of nitrogens with zero attached hydrogens (tertiary/aromatic N) is 2. The van der Waals surface area contributed by atoms with Crippen LogP contribution in [-0.2, 0) is 12.8 Å². The number of rotatable bonds is 10. The molecule has 2 aromatic heterocycles. The predicted molar refractivity (Wildman–Crippen MR) is 122 cm³/mol. The molecule has 28 heavy (non-hydrogen) atoms. The van der Waals surface area contributed by atoms with E-state index in [2.05, 4.69) is 52.0 Å². The fourth-order valence-electron chi connectivity index (χ4n) is 4.29. The zero-order chi connectivity index (χ0) is 19.9. The molecule has 0 aliphatic heterocycles. The summed E-state index contributed by atoms with van der Waals surface area (Å²) in [7, 11) is 0. The number of aromatic nitrogens is 2.